The number of pyridine rings is 1. The minimum atomic E-state index is 0.0895. The highest BCUT2D eigenvalue weighted by Gasteiger charge is 2.25. The van der Waals surface area contributed by atoms with Crippen molar-refractivity contribution in [2.75, 3.05) is 18.0 Å². The van der Waals surface area contributed by atoms with Gasteiger partial charge in [0.2, 0.25) is 0 Å². The molecule has 1 aromatic heterocycles. The van der Waals surface area contributed by atoms with Gasteiger partial charge in [-0.25, -0.2) is 4.98 Å². The first-order valence-corrected chi connectivity index (χ1v) is 6.88. The number of rotatable bonds is 2. The number of carbonyl (C=O) groups excluding carboxylic acids is 1. The number of hydrogen-bond donors (Lipinski definition) is 0. The lowest BCUT2D eigenvalue weighted by Crippen LogP contribution is -2.41. The zero-order chi connectivity index (χ0) is 12.4. The minimum absolute atomic E-state index is 0.0895. The molecule has 3 nitrogen and oxygen atoms in total. The molecule has 0 N–H and O–H groups in total. The van der Waals surface area contributed by atoms with Crippen molar-refractivity contribution in [2.24, 2.45) is 0 Å². The second-order valence-electron chi connectivity index (χ2n) is 4.59. The van der Waals surface area contributed by atoms with Gasteiger partial charge in [-0.15, -0.1) is 0 Å². The molecule has 4 heteroatoms. The van der Waals surface area contributed by atoms with Gasteiger partial charge in [0.15, 0.2) is 5.78 Å². The normalized spacial score (nSPS) is 24.8. The Labute approximate surface area is 107 Å². The molecule has 0 saturated carbocycles. The second kappa shape index (κ2) is 5.08. The van der Waals surface area contributed by atoms with Crippen molar-refractivity contribution in [1.29, 1.82) is 0 Å². The van der Waals surface area contributed by atoms with E-state index in [9.17, 15) is 4.79 Å². The highest BCUT2D eigenvalue weighted by Crippen LogP contribution is 2.29. The summed E-state index contributed by atoms with van der Waals surface area (Å²) in [7, 11) is 0. The lowest BCUT2D eigenvalue weighted by Gasteiger charge is -2.36. The van der Waals surface area contributed by atoms with Crippen molar-refractivity contribution in [3.8, 4) is 0 Å². The molecule has 0 aromatic carbocycles. The number of thioether (sulfide) groups is 1. The van der Waals surface area contributed by atoms with Crippen LogP contribution in [-0.4, -0.2) is 34.4 Å². The third-order valence-electron chi connectivity index (χ3n) is 2.89. The van der Waals surface area contributed by atoms with E-state index in [-0.39, 0.29) is 5.78 Å². The van der Waals surface area contributed by atoms with Crippen LogP contribution in [0.4, 0.5) is 5.82 Å². The maximum absolute atomic E-state index is 11.6. The highest BCUT2D eigenvalue weighted by atomic mass is 32.2. The summed E-state index contributed by atoms with van der Waals surface area (Å²) in [6, 6.07) is 3.69. The van der Waals surface area contributed by atoms with Crippen molar-refractivity contribution < 1.29 is 4.79 Å². The SMILES string of the molecule is CC(=O)c1cccnc1N1CC(C)SC(C)C1. The first kappa shape index (κ1) is 12.4. The molecule has 2 heterocycles. The van der Waals surface area contributed by atoms with Gasteiger partial charge in [-0.2, -0.15) is 11.8 Å². The molecule has 1 saturated heterocycles. The van der Waals surface area contributed by atoms with Gasteiger partial charge in [0, 0.05) is 29.8 Å². The van der Waals surface area contributed by atoms with Crippen molar-refractivity contribution in [3.63, 3.8) is 0 Å². The first-order chi connectivity index (χ1) is 8.08. The van der Waals surface area contributed by atoms with Gasteiger partial charge in [-0.05, 0) is 19.1 Å². The minimum Gasteiger partial charge on any atom is -0.354 e. The Hall–Kier alpha value is -1.03. The molecule has 0 amide bonds. The zero-order valence-electron chi connectivity index (χ0n) is 10.5. The van der Waals surface area contributed by atoms with Gasteiger partial charge >= 0.3 is 0 Å². The number of ketones is 1. The van der Waals surface area contributed by atoms with Crippen molar-refractivity contribution in [3.05, 3.63) is 23.9 Å². The van der Waals surface area contributed by atoms with Crippen LogP contribution in [0.1, 0.15) is 31.1 Å². The van der Waals surface area contributed by atoms with Gasteiger partial charge in [0.05, 0.1) is 5.56 Å². The maximum atomic E-state index is 11.6. The fraction of sp³-hybridized carbons (Fsp3) is 0.538. The molecule has 0 bridgehead atoms. The highest BCUT2D eigenvalue weighted by molar-refractivity contribution is 8.00. The molecule has 1 aromatic rings. The number of aromatic nitrogens is 1. The summed E-state index contributed by atoms with van der Waals surface area (Å²) in [5.74, 6) is 0.936. The Morgan fingerprint density at radius 3 is 2.65 bits per heavy atom. The van der Waals surface area contributed by atoms with E-state index < -0.39 is 0 Å². The summed E-state index contributed by atoms with van der Waals surface area (Å²) in [5, 5.41) is 1.17. The largest absolute Gasteiger partial charge is 0.354 e. The van der Waals surface area contributed by atoms with Crippen LogP contribution in [0.25, 0.3) is 0 Å². The van der Waals surface area contributed by atoms with Crippen LogP contribution in [0.2, 0.25) is 0 Å². The standard InChI is InChI=1S/C13H18N2OS/c1-9-7-15(8-10(2)17-9)13-12(11(3)16)5-4-6-14-13/h4-6,9-10H,7-8H2,1-3H3. The van der Waals surface area contributed by atoms with E-state index in [1.165, 1.54) is 0 Å². The lowest BCUT2D eigenvalue weighted by molar-refractivity contribution is 0.101. The lowest BCUT2D eigenvalue weighted by atomic mass is 10.1. The van der Waals surface area contributed by atoms with Crippen LogP contribution in [-0.2, 0) is 0 Å². The van der Waals surface area contributed by atoms with E-state index in [4.69, 9.17) is 0 Å². The molecule has 0 aliphatic carbocycles. The summed E-state index contributed by atoms with van der Waals surface area (Å²) < 4.78 is 0. The molecule has 1 aliphatic rings. The predicted molar refractivity (Wildman–Crippen MR) is 73.0 cm³/mol. The molecule has 0 spiro atoms. The Balaban J connectivity index is 2.30. The second-order valence-corrected chi connectivity index (χ2v) is 6.47. The Bertz CT molecular complexity index is 412. The number of anilines is 1. The van der Waals surface area contributed by atoms with Crippen LogP contribution in [0.3, 0.4) is 0 Å². The maximum Gasteiger partial charge on any atom is 0.163 e. The van der Waals surface area contributed by atoms with E-state index in [0.717, 1.165) is 24.5 Å². The van der Waals surface area contributed by atoms with Gasteiger partial charge in [-0.1, -0.05) is 13.8 Å². The summed E-state index contributed by atoms with van der Waals surface area (Å²) in [4.78, 5) is 18.2. The molecular formula is C13H18N2OS. The fourth-order valence-electron chi connectivity index (χ4n) is 2.27. The molecule has 1 fully saturated rings. The molecule has 2 atom stereocenters. The third kappa shape index (κ3) is 2.80. The van der Waals surface area contributed by atoms with E-state index in [2.05, 4.69) is 23.7 Å². The number of Topliss-reactive ketones (excluding diaryl/α,β-unsaturated/α-hetero) is 1. The summed E-state index contributed by atoms with van der Waals surface area (Å²) in [6.45, 7) is 7.98. The van der Waals surface area contributed by atoms with E-state index in [0.29, 0.717) is 10.5 Å². The third-order valence-corrected chi connectivity index (χ3v) is 4.11. The van der Waals surface area contributed by atoms with Crippen LogP contribution in [0, 0.1) is 0 Å². The molecule has 1 aliphatic heterocycles. The quantitative estimate of drug-likeness (QED) is 0.755. The summed E-state index contributed by atoms with van der Waals surface area (Å²) in [6.07, 6.45) is 1.76. The average Bonchev–Trinajstić information content (AvgIpc) is 2.27. The van der Waals surface area contributed by atoms with Gasteiger partial charge in [-0.3, -0.25) is 4.79 Å². The predicted octanol–water partition coefficient (Wildman–Crippen LogP) is 2.61. The zero-order valence-corrected chi connectivity index (χ0v) is 11.3. The van der Waals surface area contributed by atoms with Gasteiger partial charge in [0.1, 0.15) is 5.82 Å². The Morgan fingerprint density at radius 2 is 2.06 bits per heavy atom. The molecule has 2 unspecified atom stereocenters. The van der Waals surface area contributed by atoms with Crippen molar-refractivity contribution in [2.45, 2.75) is 31.3 Å². The average molecular weight is 250 g/mol. The van der Waals surface area contributed by atoms with Crippen molar-refractivity contribution >= 4 is 23.4 Å². The molecule has 92 valence electrons. The Morgan fingerprint density at radius 1 is 1.41 bits per heavy atom. The van der Waals surface area contributed by atoms with Crippen molar-refractivity contribution in [1.82, 2.24) is 4.98 Å². The first-order valence-electron chi connectivity index (χ1n) is 5.94. The Kier molecular flexibility index (Phi) is 3.72. The fourth-order valence-corrected chi connectivity index (χ4v) is 3.60. The van der Waals surface area contributed by atoms with Gasteiger partial charge in [0.25, 0.3) is 0 Å². The van der Waals surface area contributed by atoms with Gasteiger partial charge < -0.3 is 4.90 Å². The molecule has 17 heavy (non-hydrogen) atoms. The summed E-state index contributed by atoms with van der Waals surface area (Å²) in [5.41, 5.74) is 0.735. The van der Waals surface area contributed by atoms with E-state index >= 15 is 0 Å². The van der Waals surface area contributed by atoms with Crippen LogP contribution in [0.15, 0.2) is 18.3 Å². The smallest absolute Gasteiger partial charge is 0.163 e. The number of carbonyl (C=O) groups is 1. The van der Waals surface area contributed by atoms with Crippen LogP contribution >= 0.6 is 11.8 Å². The molecule has 0 radical (unpaired) electrons. The van der Waals surface area contributed by atoms with E-state index in [1.54, 1.807) is 13.1 Å². The number of nitrogens with zero attached hydrogens (tertiary/aromatic N) is 2. The monoisotopic (exact) mass is 250 g/mol. The molecule has 2 rings (SSSR count). The van der Waals surface area contributed by atoms with E-state index in [1.807, 2.05) is 23.9 Å². The topological polar surface area (TPSA) is 33.2 Å². The van der Waals surface area contributed by atoms with Crippen LogP contribution < -0.4 is 4.90 Å². The molecular weight excluding hydrogens is 232 g/mol. The summed E-state index contributed by atoms with van der Waals surface area (Å²) >= 11 is 2.00. The van der Waals surface area contributed by atoms with Crippen LogP contribution in [0.5, 0.6) is 0 Å². The number of hydrogen-bond acceptors (Lipinski definition) is 4.